The molecule has 2 aliphatic rings. The Morgan fingerprint density at radius 3 is 2.64 bits per heavy atom. The first-order valence-electron chi connectivity index (χ1n) is 10.1. The average molecular weight is 488 g/mol. The molecule has 0 radical (unpaired) electrons. The molecule has 12 heteroatoms. The van der Waals surface area contributed by atoms with E-state index in [0.29, 0.717) is 49.4 Å². The lowest BCUT2D eigenvalue weighted by Crippen LogP contribution is -2.66. The molecule has 8 nitrogen and oxygen atoms in total. The lowest BCUT2D eigenvalue weighted by atomic mass is 9.81. The van der Waals surface area contributed by atoms with Crippen LogP contribution in [0, 0.1) is 5.92 Å². The number of carbonyl (C=O) groups is 2. The molecule has 1 unspecified atom stereocenters. The molecule has 2 aliphatic heterocycles. The lowest BCUT2D eigenvalue weighted by Gasteiger charge is -2.49. The summed E-state index contributed by atoms with van der Waals surface area (Å²) in [6.07, 6.45) is -2.42. The van der Waals surface area contributed by atoms with E-state index in [-0.39, 0.29) is 17.4 Å². The fourth-order valence-electron chi connectivity index (χ4n) is 3.60. The van der Waals surface area contributed by atoms with Gasteiger partial charge in [0.25, 0.3) is 5.91 Å². The van der Waals surface area contributed by atoms with Gasteiger partial charge in [-0.3, -0.25) is 4.79 Å². The van der Waals surface area contributed by atoms with E-state index in [9.17, 15) is 18.0 Å². The molecule has 4 rings (SSSR count). The van der Waals surface area contributed by atoms with Gasteiger partial charge in [0.1, 0.15) is 16.2 Å². The average Bonchev–Trinajstić information content (AvgIpc) is 3.38. The molecule has 2 aromatic heterocycles. The van der Waals surface area contributed by atoms with Crippen LogP contribution in [0.2, 0.25) is 0 Å². The van der Waals surface area contributed by atoms with E-state index >= 15 is 0 Å². The minimum Gasteiger partial charge on any atom is -0.492 e. The van der Waals surface area contributed by atoms with Crippen molar-refractivity contribution in [3.63, 3.8) is 0 Å². The Morgan fingerprint density at radius 2 is 2.03 bits per heavy atom. The van der Waals surface area contributed by atoms with E-state index in [1.165, 1.54) is 11.3 Å². The van der Waals surface area contributed by atoms with Crippen LogP contribution < -0.4 is 9.47 Å². The topological polar surface area (TPSA) is 98.2 Å². The van der Waals surface area contributed by atoms with Crippen molar-refractivity contribution in [3.05, 3.63) is 40.7 Å². The summed E-state index contributed by atoms with van der Waals surface area (Å²) in [5, 5.41) is 9.02. The van der Waals surface area contributed by atoms with Crippen LogP contribution in [0.4, 0.5) is 13.2 Å². The fourth-order valence-corrected chi connectivity index (χ4v) is 4.40. The van der Waals surface area contributed by atoms with Crippen molar-refractivity contribution < 1.29 is 42.1 Å². The fraction of sp³-hybridized carbons (Fsp3) is 0.476. The summed E-state index contributed by atoms with van der Waals surface area (Å²) in [6.45, 7) is 4.95. The number of amides is 1. The second kappa shape index (κ2) is 10.4. The number of alkyl halides is 3. The molecule has 180 valence electrons. The lowest BCUT2D eigenvalue weighted by molar-refractivity contribution is -0.192. The van der Waals surface area contributed by atoms with E-state index in [1.54, 1.807) is 6.20 Å². The van der Waals surface area contributed by atoms with Gasteiger partial charge in [0.2, 0.25) is 5.88 Å². The predicted molar refractivity (Wildman–Crippen MR) is 112 cm³/mol. The van der Waals surface area contributed by atoms with Crippen LogP contribution in [0.15, 0.2) is 35.8 Å². The summed E-state index contributed by atoms with van der Waals surface area (Å²) in [4.78, 5) is 28.4. The van der Waals surface area contributed by atoms with Gasteiger partial charge in [0.15, 0.2) is 0 Å². The molecule has 1 amide bonds. The summed E-state index contributed by atoms with van der Waals surface area (Å²) >= 11 is 1.42. The molecule has 2 saturated heterocycles. The highest BCUT2D eigenvalue weighted by Gasteiger charge is 2.55. The monoisotopic (exact) mass is 488 g/mol. The summed E-state index contributed by atoms with van der Waals surface area (Å²) in [7, 11) is 0. The zero-order valence-electron chi connectivity index (χ0n) is 17.7. The minimum absolute atomic E-state index is 0.0222. The van der Waals surface area contributed by atoms with Gasteiger partial charge in [-0.15, -0.1) is 11.3 Å². The number of ether oxygens (including phenoxy) is 3. The molecule has 1 atom stereocenters. The third-order valence-corrected chi connectivity index (χ3v) is 6.12. The van der Waals surface area contributed by atoms with E-state index in [0.717, 1.165) is 6.42 Å². The number of aliphatic carboxylic acids is 1. The number of aromatic nitrogens is 1. The summed E-state index contributed by atoms with van der Waals surface area (Å²) in [5.41, 5.74) is -0.284. The molecule has 0 aromatic carbocycles. The highest BCUT2D eigenvalue weighted by atomic mass is 32.1. The smallest absolute Gasteiger partial charge is 0.490 e. The van der Waals surface area contributed by atoms with Crippen molar-refractivity contribution >= 4 is 23.2 Å². The Balaban J connectivity index is 0.000000383. The Kier molecular flexibility index (Phi) is 7.80. The summed E-state index contributed by atoms with van der Waals surface area (Å²) in [6, 6.07) is 7.48. The minimum atomic E-state index is -5.08. The number of hydrogen-bond donors (Lipinski definition) is 1. The highest BCUT2D eigenvalue weighted by Crippen LogP contribution is 2.41. The number of hydrogen-bond acceptors (Lipinski definition) is 7. The van der Waals surface area contributed by atoms with Gasteiger partial charge < -0.3 is 24.2 Å². The van der Waals surface area contributed by atoms with E-state index < -0.39 is 12.1 Å². The number of pyridine rings is 1. The summed E-state index contributed by atoms with van der Waals surface area (Å²) < 4.78 is 49.1. The first-order valence-corrected chi connectivity index (χ1v) is 11.0. The molecule has 33 heavy (non-hydrogen) atoms. The number of rotatable bonds is 6. The third-order valence-electron chi connectivity index (χ3n) is 5.24. The highest BCUT2D eigenvalue weighted by molar-refractivity contribution is 7.12. The quantitative estimate of drug-likeness (QED) is 0.665. The molecule has 0 bridgehead atoms. The van der Waals surface area contributed by atoms with Crippen LogP contribution in [0.1, 0.15) is 23.0 Å². The van der Waals surface area contributed by atoms with Gasteiger partial charge in [-0.05, 0) is 30.9 Å². The molecule has 2 aromatic rings. The Hall–Kier alpha value is -2.86. The van der Waals surface area contributed by atoms with Gasteiger partial charge in [-0.25, -0.2) is 9.78 Å². The maximum Gasteiger partial charge on any atom is 0.490 e. The van der Waals surface area contributed by atoms with E-state index in [2.05, 4.69) is 4.98 Å². The maximum absolute atomic E-state index is 12.8. The van der Waals surface area contributed by atoms with Gasteiger partial charge in [0.05, 0.1) is 26.3 Å². The van der Waals surface area contributed by atoms with Crippen LogP contribution in [0.25, 0.3) is 0 Å². The zero-order valence-corrected chi connectivity index (χ0v) is 18.5. The Bertz CT molecular complexity index is 947. The van der Waals surface area contributed by atoms with Crippen molar-refractivity contribution in [2.45, 2.75) is 25.1 Å². The van der Waals surface area contributed by atoms with Gasteiger partial charge in [0, 0.05) is 24.8 Å². The largest absolute Gasteiger partial charge is 0.492 e. The first-order chi connectivity index (χ1) is 15.7. The predicted octanol–water partition coefficient (Wildman–Crippen LogP) is 3.49. The molecule has 0 aliphatic carbocycles. The Labute approximate surface area is 191 Å². The van der Waals surface area contributed by atoms with Crippen molar-refractivity contribution in [1.29, 1.82) is 0 Å². The van der Waals surface area contributed by atoms with Crippen LogP contribution in [-0.4, -0.2) is 71.6 Å². The second-order valence-electron chi connectivity index (χ2n) is 7.39. The van der Waals surface area contributed by atoms with Gasteiger partial charge in [-0.1, -0.05) is 6.07 Å². The number of carbonyl (C=O) groups excluding carboxylic acids is 1. The van der Waals surface area contributed by atoms with Crippen LogP contribution in [-0.2, 0) is 9.53 Å². The second-order valence-corrected chi connectivity index (χ2v) is 8.31. The van der Waals surface area contributed by atoms with Crippen molar-refractivity contribution in [1.82, 2.24) is 9.88 Å². The third kappa shape index (κ3) is 5.93. The number of carboxylic acid groups (broad SMARTS) is 1. The zero-order chi connectivity index (χ0) is 24.1. The number of nitrogens with zero attached hydrogens (tertiary/aromatic N) is 2. The summed E-state index contributed by atoms with van der Waals surface area (Å²) in [5.74, 6) is -1.17. The molecule has 4 heterocycles. The first kappa shape index (κ1) is 24.8. The number of thiophene rings is 1. The standard InChI is InChI=1S/C19H22N2O4S.C2HF3O2/c1-2-23-15-7-10-26-17(15)18(22)21-12-19(13-21)14(6-9-25-19)11-24-16-5-3-4-8-20-16;3-2(4,5)1(6)7/h3-5,7-8,10,14H,2,6,9,11-13H2,1H3;(H,6,7). The van der Waals surface area contributed by atoms with E-state index in [4.69, 9.17) is 24.1 Å². The van der Waals surface area contributed by atoms with Crippen LogP contribution in [0.5, 0.6) is 11.6 Å². The number of halogens is 3. The van der Waals surface area contributed by atoms with Crippen LogP contribution in [0.3, 0.4) is 0 Å². The van der Waals surface area contributed by atoms with Crippen molar-refractivity contribution in [2.24, 2.45) is 5.92 Å². The van der Waals surface area contributed by atoms with Crippen molar-refractivity contribution in [2.75, 3.05) is 32.9 Å². The maximum atomic E-state index is 12.8. The molecule has 1 spiro atoms. The van der Waals surface area contributed by atoms with Gasteiger partial charge in [-0.2, -0.15) is 13.2 Å². The van der Waals surface area contributed by atoms with E-state index in [1.807, 2.05) is 41.5 Å². The van der Waals surface area contributed by atoms with Crippen molar-refractivity contribution in [3.8, 4) is 11.6 Å². The molecular formula is C21H23F3N2O6S. The Morgan fingerprint density at radius 1 is 1.30 bits per heavy atom. The normalized spacial score (nSPS) is 18.8. The van der Waals surface area contributed by atoms with Gasteiger partial charge >= 0.3 is 12.1 Å². The molecule has 1 N–H and O–H groups in total. The SMILES string of the molecule is CCOc1ccsc1C(=O)N1CC2(C1)OCCC2COc1ccccn1.O=C(O)C(F)(F)F. The molecule has 0 saturated carbocycles. The number of likely N-dealkylation sites (tertiary alicyclic amines) is 1. The molecular weight excluding hydrogens is 465 g/mol. The molecule has 2 fully saturated rings. The number of carboxylic acids is 1. The van der Waals surface area contributed by atoms with Crippen LogP contribution >= 0.6 is 11.3 Å².